The second-order valence-electron chi connectivity index (χ2n) is 18.5. The molecule has 24 heteroatoms. The van der Waals surface area contributed by atoms with Crippen molar-refractivity contribution in [3.63, 3.8) is 0 Å². The number of aldehydes is 1. The Morgan fingerprint density at radius 3 is 1.11 bits per heavy atom. The third-order valence-electron chi connectivity index (χ3n) is 11.0. The lowest BCUT2D eigenvalue weighted by Gasteiger charge is -2.32. The summed E-state index contributed by atoms with van der Waals surface area (Å²) in [4.78, 5) is 100. The second-order valence-corrected chi connectivity index (χ2v) is 18.5. The van der Waals surface area contributed by atoms with Crippen LogP contribution in [0.1, 0.15) is 89.8 Å². The number of esters is 7. The monoisotopic (exact) mass is 1200 g/mol. The number of rotatable bonds is 39. The zero-order chi connectivity index (χ0) is 63.6. The zero-order valence-corrected chi connectivity index (χ0v) is 49.1. The first-order chi connectivity index (χ1) is 40.5. The average Bonchev–Trinajstić information content (AvgIpc) is 1.41. The van der Waals surface area contributed by atoms with Crippen molar-refractivity contribution in [1.82, 2.24) is 0 Å². The van der Waals surface area contributed by atoms with E-state index in [1.54, 1.807) is 57.4 Å². The molecule has 24 nitrogen and oxygen atoms in total. The summed E-state index contributed by atoms with van der Waals surface area (Å²) in [6.07, 6.45) is -2.35. The molecule has 0 fully saturated rings. The first-order valence-electron chi connectivity index (χ1n) is 26.8. The second kappa shape index (κ2) is 43.2. The van der Waals surface area contributed by atoms with Crippen molar-refractivity contribution in [2.45, 2.75) is 96.9 Å². The third kappa shape index (κ3) is 32.8. The molecule has 3 rings (SSSR count). The van der Waals surface area contributed by atoms with Crippen LogP contribution in [0.2, 0.25) is 0 Å². The fourth-order valence-electron chi connectivity index (χ4n) is 6.42. The van der Waals surface area contributed by atoms with Gasteiger partial charge in [-0.2, -0.15) is 0 Å². The fourth-order valence-corrected chi connectivity index (χ4v) is 6.42. The number of aliphatic hydroxyl groups excluding tert-OH is 3. The van der Waals surface area contributed by atoms with Crippen LogP contribution >= 0.6 is 0 Å². The van der Waals surface area contributed by atoms with Crippen molar-refractivity contribution in [3.05, 3.63) is 126 Å². The minimum absolute atomic E-state index is 0.0351. The maximum absolute atomic E-state index is 12.1. The Labute approximate surface area is 494 Å². The average molecular weight is 1200 g/mol. The van der Waals surface area contributed by atoms with Gasteiger partial charge in [-0.3, -0.25) is 24.0 Å². The van der Waals surface area contributed by atoms with E-state index in [1.165, 1.54) is 6.92 Å². The summed E-state index contributed by atoms with van der Waals surface area (Å²) in [6.45, 7) is 18.3. The number of aliphatic hydroxyl groups is 3. The van der Waals surface area contributed by atoms with Crippen molar-refractivity contribution < 1.29 is 115 Å². The van der Waals surface area contributed by atoms with Gasteiger partial charge in [-0.1, -0.05) is 63.1 Å². The largest absolute Gasteiger partial charge is 0.491 e. The lowest BCUT2D eigenvalue weighted by molar-refractivity contribution is -0.154. The van der Waals surface area contributed by atoms with Crippen molar-refractivity contribution in [1.29, 1.82) is 0 Å². The Morgan fingerprint density at radius 1 is 0.459 bits per heavy atom. The highest BCUT2D eigenvalue weighted by molar-refractivity contribution is 5.87. The van der Waals surface area contributed by atoms with Gasteiger partial charge in [-0.05, 0) is 87.2 Å². The Hall–Kier alpha value is -8.45. The lowest BCUT2D eigenvalue weighted by Crippen LogP contribution is -2.27. The molecule has 0 aliphatic heterocycles. The number of benzene rings is 3. The normalized spacial score (nSPS) is 12.1. The Balaban J connectivity index is 0.00000144. The maximum atomic E-state index is 12.1. The molecule has 0 aromatic heterocycles. The van der Waals surface area contributed by atoms with Crippen LogP contribution in [-0.4, -0.2) is 175 Å². The molecule has 0 bridgehead atoms. The van der Waals surface area contributed by atoms with Gasteiger partial charge in [-0.15, -0.1) is 0 Å². The molecule has 4 atom stereocenters. The van der Waals surface area contributed by atoms with E-state index < -0.39 is 59.5 Å². The molecule has 3 aromatic rings. The topological polar surface area (TPSA) is 325 Å². The predicted octanol–water partition coefficient (Wildman–Crippen LogP) is 5.14. The molecule has 0 spiro atoms. The molecule has 0 heterocycles. The quantitative estimate of drug-likeness (QED) is 0.0166. The van der Waals surface area contributed by atoms with E-state index in [1.807, 2.05) is 50.2 Å². The molecule has 0 radical (unpaired) electrons. The molecule has 468 valence electrons. The minimum atomic E-state index is -1.17. The van der Waals surface area contributed by atoms with Crippen LogP contribution < -0.4 is 14.2 Å². The van der Waals surface area contributed by atoms with Crippen LogP contribution in [0.4, 0.5) is 0 Å². The van der Waals surface area contributed by atoms with E-state index in [0.29, 0.717) is 60.8 Å². The number of hydrogen-bond donors (Lipinski definition) is 3. The summed E-state index contributed by atoms with van der Waals surface area (Å²) >= 11 is 0. The molecule has 85 heavy (non-hydrogen) atoms. The van der Waals surface area contributed by atoms with Crippen LogP contribution in [0.25, 0.3) is 0 Å². The van der Waals surface area contributed by atoms with Crippen LogP contribution in [0.15, 0.2) is 109 Å². The smallest absolute Gasteiger partial charge is 0.333 e. The number of hydrogen-bond acceptors (Lipinski definition) is 24. The molecular weight excluding hydrogens is 1120 g/mol. The first-order valence-corrected chi connectivity index (χ1v) is 26.8. The standard InChI is InChI=1S/C47H58O17.C7H10O4.C7H12O3/c1-5-7-42(52)62-29-36(49)26-59-39-15-9-33(10-16-39)47(4,34-11-17-40(18-12-34)60-27-37(50)30-63-43(53)8-6-23-48)35-13-19-41(20-14-35)61-28-38(51)31-64-45(55)22-21-44(54)57-24-25-58-46(56)32(2)3;1-6(2)7(9)11-4-3-10-5-8;1-6(2)7(8)10-5-4-9-3/h9-20,23,36-38,49-51H,2,5-8,21-22,24-31H2,1,3-4H3;5H,1,3-4H2,2H3;1,4-5H2,2-3H3. The molecule has 0 saturated heterocycles. The van der Waals surface area contributed by atoms with Crippen molar-refractivity contribution in [2.24, 2.45) is 0 Å². The van der Waals surface area contributed by atoms with Gasteiger partial charge in [0.2, 0.25) is 0 Å². The maximum Gasteiger partial charge on any atom is 0.333 e. The molecule has 4 unspecified atom stereocenters. The SMILES string of the molecule is C=C(C)C(=O)OCCOC.C=C(C)C(=O)OCCOC(=O)CCC(=O)OCC(O)COc1ccc(C(C)(c2ccc(OCC(O)COC(=O)CCC)cc2)c2ccc(OCC(O)COC(=O)CCC=O)cc2)cc1.C=C(C)C(=O)OCCOC=O. The van der Waals surface area contributed by atoms with Gasteiger partial charge in [0, 0.05) is 42.1 Å². The number of ether oxygens (including phenoxy) is 12. The highest BCUT2D eigenvalue weighted by Crippen LogP contribution is 2.40. The molecule has 0 aliphatic carbocycles. The Bertz CT molecular complexity index is 2560. The van der Waals surface area contributed by atoms with Crippen LogP contribution in [0.3, 0.4) is 0 Å². The number of carbonyl (C=O) groups is 9. The molecule has 0 aliphatic rings. The van der Waals surface area contributed by atoms with Gasteiger partial charge in [0.25, 0.3) is 6.47 Å². The lowest BCUT2D eigenvalue weighted by atomic mass is 9.71. The third-order valence-corrected chi connectivity index (χ3v) is 11.0. The fraction of sp³-hybridized carbons (Fsp3) is 0.459. The van der Waals surface area contributed by atoms with Gasteiger partial charge >= 0.3 is 41.8 Å². The van der Waals surface area contributed by atoms with E-state index in [0.717, 1.165) is 16.7 Å². The summed E-state index contributed by atoms with van der Waals surface area (Å²) in [7, 11) is 1.55. The summed E-state index contributed by atoms with van der Waals surface area (Å²) in [5.41, 5.74) is 2.73. The highest BCUT2D eigenvalue weighted by Gasteiger charge is 2.32. The predicted molar refractivity (Wildman–Crippen MR) is 304 cm³/mol. The molecular formula is C61H80O24. The first kappa shape index (κ1) is 74.6. The highest BCUT2D eigenvalue weighted by atomic mass is 16.6. The molecule has 3 aromatic carbocycles. The van der Waals surface area contributed by atoms with Crippen molar-refractivity contribution in [3.8, 4) is 17.2 Å². The molecule has 0 amide bonds. The van der Waals surface area contributed by atoms with E-state index in [-0.39, 0.29) is 110 Å². The zero-order valence-electron chi connectivity index (χ0n) is 49.1. The van der Waals surface area contributed by atoms with Gasteiger partial charge in [-0.25, -0.2) is 14.4 Å². The van der Waals surface area contributed by atoms with E-state index >= 15 is 0 Å². The van der Waals surface area contributed by atoms with Crippen LogP contribution in [0, 0.1) is 0 Å². The van der Waals surface area contributed by atoms with Gasteiger partial charge in [0.15, 0.2) is 0 Å². The van der Waals surface area contributed by atoms with Gasteiger partial charge in [0.1, 0.15) is 115 Å². The van der Waals surface area contributed by atoms with E-state index in [4.69, 9.17) is 37.9 Å². The minimum Gasteiger partial charge on any atom is -0.491 e. The summed E-state index contributed by atoms with van der Waals surface area (Å²) in [5.74, 6) is -2.48. The van der Waals surface area contributed by atoms with Gasteiger partial charge in [0.05, 0.1) is 25.9 Å². The van der Waals surface area contributed by atoms with Crippen molar-refractivity contribution >= 4 is 54.5 Å². The van der Waals surface area contributed by atoms with E-state index in [9.17, 15) is 58.5 Å². The molecule has 3 N–H and O–H groups in total. The summed E-state index contributed by atoms with van der Waals surface area (Å²) in [5, 5.41) is 31.0. The Kier molecular flexibility index (Phi) is 37.9. The summed E-state index contributed by atoms with van der Waals surface area (Å²) < 4.78 is 60.4. The van der Waals surface area contributed by atoms with Crippen molar-refractivity contribution in [2.75, 3.05) is 86.4 Å². The summed E-state index contributed by atoms with van der Waals surface area (Å²) in [6, 6.07) is 21.7. The van der Waals surface area contributed by atoms with Gasteiger partial charge < -0.3 is 77.0 Å². The van der Waals surface area contributed by atoms with E-state index in [2.05, 4.69) is 38.7 Å². The van der Waals surface area contributed by atoms with Crippen LogP contribution in [0.5, 0.6) is 17.2 Å². The number of carbonyl (C=O) groups excluding carboxylic acids is 9. The molecule has 0 saturated carbocycles. The Morgan fingerprint density at radius 2 is 0.776 bits per heavy atom. The number of methoxy groups -OCH3 is 1. The van der Waals surface area contributed by atoms with Crippen LogP contribution in [-0.2, 0) is 91.2 Å².